The molecule has 172 valence electrons. The van der Waals surface area contributed by atoms with Crippen molar-refractivity contribution in [3.63, 3.8) is 0 Å². The van der Waals surface area contributed by atoms with Crippen LogP contribution in [0.4, 0.5) is 10.1 Å². The van der Waals surface area contributed by atoms with Crippen LogP contribution in [-0.2, 0) is 4.79 Å². The van der Waals surface area contributed by atoms with Crippen LogP contribution < -0.4 is 20.5 Å². The number of ether oxygens (including phenoxy) is 1. The molecule has 3 aliphatic heterocycles. The Morgan fingerprint density at radius 3 is 2.82 bits per heavy atom. The highest BCUT2D eigenvalue weighted by Crippen LogP contribution is 2.37. The van der Waals surface area contributed by atoms with Gasteiger partial charge in [0.25, 0.3) is 11.8 Å². The molecule has 0 saturated carbocycles. The van der Waals surface area contributed by atoms with Gasteiger partial charge in [-0.1, -0.05) is 17.4 Å². The maximum Gasteiger partial charge on any atom is 0.272 e. The fourth-order valence-electron chi connectivity index (χ4n) is 4.31. The molecule has 0 aromatic heterocycles. The van der Waals surface area contributed by atoms with Gasteiger partial charge in [-0.2, -0.15) is 5.53 Å². The number of allylic oxidation sites excluding steroid dienone is 1. The minimum atomic E-state index is -0.447. The van der Waals surface area contributed by atoms with Crippen LogP contribution in [0.25, 0.3) is 5.57 Å². The average molecular weight is 460 g/mol. The van der Waals surface area contributed by atoms with Gasteiger partial charge >= 0.3 is 0 Å². The summed E-state index contributed by atoms with van der Waals surface area (Å²) < 4.78 is 19.1. The van der Waals surface area contributed by atoms with Crippen LogP contribution in [-0.4, -0.2) is 36.0 Å². The third kappa shape index (κ3) is 3.73. The van der Waals surface area contributed by atoms with Crippen LogP contribution in [0, 0.1) is 11.3 Å². The molecule has 0 bridgehead atoms. The monoisotopic (exact) mass is 460 g/mol. The van der Waals surface area contributed by atoms with Crippen LogP contribution in [0.2, 0.25) is 0 Å². The lowest BCUT2D eigenvalue weighted by Crippen LogP contribution is -2.45. The third-order valence-corrected chi connectivity index (χ3v) is 6.04. The van der Waals surface area contributed by atoms with Gasteiger partial charge in [-0.15, -0.1) is 0 Å². The summed E-state index contributed by atoms with van der Waals surface area (Å²) in [5.74, 6) is -0.719. The summed E-state index contributed by atoms with van der Waals surface area (Å²) in [4.78, 5) is 26.2. The van der Waals surface area contributed by atoms with Crippen molar-refractivity contribution in [1.82, 2.24) is 15.9 Å². The number of carbonyl (C=O) groups is 2. The molecule has 3 aliphatic rings. The molecule has 0 saturated heterocycles. The Morgan fingerprint density at radius 2 is 2.06 bits per heavy atom. The largest absolute Gasteiger partial charge is 0.481 e. The van der Waals surface area contributed by atoms with Gasteiger partial charge in [0.2, 0.25) is 0 Å². The second kappa shape index (κ2) is 8.56. The molecule has 2 amide bonds. The Bertz CT molecular complexity index is 1280. The van der Waals surface area contributed by atoms with E-state index in [1.807, 2.05) is 42.4 Å². The number of hydrogen-bond donors (Lipinski definition) is 3. The second-order valence-corrected chi connectivity index (χ2v) is 8.00. The lowest BCUT2D eigenvalue weighted by Gasteiger charge is -2.35. The zero-order valence-electron chi connectivity index (χ0n) is 18.2. The Balaban J connectivity index is 1.47. The van der Waals surface area contributed by atoms with Gasteiger partial charge in [0.1, 0.15) is 11.6 Å². The van der Waals surface area contributed by atoms with E-state index in [0.717, 1.165) is 22.4 Å². The molecular formula is C24H21FN6O3. The number of hydrazine groups is 1. The van der Waals surface area contributed by atoms with E-state index >= 15 is 0 Å². The fourth-order valence-corrected chi connectivity index (χ4v) is 4.31. The maximum atomic E-state index is 13.7. The van der Waals surface area contributed by atoms with Crippen LogP contribution >= 0.6 is 0 Å². The molecule has 2 aromatic carbocycles. The van der Waals surface area contributed by atoms with Crippen LogP contribution in [0.3, 0.4) is 0 Å². The SMILES string of the molecule is CC(C1=CC2=C(c3ccc(C(=O)NN=N)cc3)CNN2C=C1)N1C(=O)COc2cc(F)ccc21. The molecule has 0 spiro atoms. The molecule has 0 radical (unpaired) electrons. The summed E-state index contributed by atoms with van der Waals surface area (Å²) in [5, 5.41) is 4.82. The van der Waals surface area contributed by atoms with Gasteiger partial charge in [-0.05, 0) is 54.5 Å². The highest BCUT2D eigenvalue weighted by Gasteiger charge is 2.33. The van der Waals surface area contributed by atoms with E-state index in [1.54, 1.807) is 23.1 Å². The van der Waals surface area contributed by atoms with Crippen molar-refractivity contribution in [3.8, 4) is 5.75 Å². The molecule has 34 heavy (non-hydrogen) atoms. The van der Waals surface area contributed by atoms with Crippen LogP contribution in [0.15, 0.2) is 77.3 Å². The van der Waals surface area contributed by atoms with E-state index in [4.69, 9.17) is 10.3 Å². The standard InChI is InChI=1S/C24H21FN6O3/c1-14(31-20-7-6-18(25)11-22(20)34-13-23(31)32)17-8-9-30-21(10-17)19(12-27-30)15-2-4-16(5-3-15)24(33)28-29-26/h2-11,14,27H,12-13H2,1H3,(H2,26,28,33). The Kier molecular flexibility index (Phi) is 5.42. The lowest BCUT2D eigenvalue weighted by atomic mass is 9.97. The molecule has 10 heteroatoms. The predicted molar refractivity (Wildman–Crippen MR) is 122 cm³/mol. The summed E-state index contributed by atoms with van der Waals surface area (Å²) in [6, 6.07) is 10.9. The molecule has 1 unspecified atom stereocenters. The number of hydrogen-bond acceptors (Lipinski definition) is 7. The number of amides is 2. The summed E-state index contributed by atoms with van der Waals surface area (Å²) in [5.41, 5.74) is 16.9. The fraction of sp³-hybridized carbons (Fsp3) is 0.167. The summed E-state index contributed by atoms with van der Waals surface area (Å²) in [6.45, 7) is 2.37. The van der Waals surface area contributed by atoms with E-state index in [1.165, 1.54) is 12.1 Å². The first-order valence-electron chi connectivity index (χ1n) is 10.6. The van der Waals surface area contributed by atoms with Gasteiger partial charge in [0.15, 0.2) is 6.61 Å². The van der Waals surface area contributed by atoms with Crippen LogP contribution in [0.1, 0.15) is 22.8 Å². The second-order valence-electron chi connectivity index (χ2n) is 8.00. The van der Waals surface area contributed by atoms with E-state index in [-0.39, 0.29) is 18.6 Å². The maximum absolute atomic E-state index is 13.7. The number of carbonyl (C=O) groups excluding carboxylic acids is 2. The number of fused-ring (bicyclic) bond motifs is 2. The molecule has 5 rings (SSSR count). The van der Waals surface area contributed by atoms with Gasteiger partial charge in [-0.3, -0.25) is 19.5 Å². The highest BCUT2D eigenvalue weighted by atomic mass is 19.1. The number of halogens is 1. The Hall–Kier alpha value is -4.31. The van der Waals surface area contributed by atoms with Crippen molar-refractivity contribution in [3.05, 3.63) is 89.0 Å². The van der Waals surface area contributed by atoms with E-state index in [9.17, 15) is 14.0 Å². The normalized spacial score (nSPS) is 17.6. The molecule has 9 nitrogen and oxygen atoms in total. The number of benzene rings is 2. The average Bonchev–Trinajstić information content (AvgIpc) is 3.27. The van der Waals surface area contributed by atoms with Gasteiger partial charge in [-0.25, -0.2) is 15.2 Å². The quantitative estimate of drug-likeness (QED) is 0.469. The van der Waals surface area contributed by atoms with E-state index in [2.05, 4.69) is 16.1 Å². The zero-order valence-corrected chi connectivity index (χ0v) is 18.2. The number of anilines is 1. The first kappa shape index (κ1) is 21.5. The van der Waals surface area contributed by atoms with Crippen molar-refractivity contribution in [1.29, 1.82) is 5.53 Å². The molecule has 3 heterocycles. The van der Waals surface area contributed by atoms with Gasteiger partial charge in [0, 0.05) is 29.9 Å². The van der Waals surface area contributed by atoms with E-state index in [0.29, 0.717) is 23.5 Å². The molecule has 0 fully saturated rings. The van der Waals surface area contributed by atoms with Crippen molar-refractivity contribution in [2.24, 2.45) is 5.22 Å². The predicted octanol–water partition coefficient (Wildman–Crippen LogP) is 3.30. The van der Waals surface area contributed by atoms with Gasteiger partial charge in [0.05, 0.1) is 17.4 Å². The van der Waals surface area contributed by atoms with Gasteiger partial charge < -0.3 is 4.74 Å². The van der Waals surface area contributed by atoms with Crippen molar-refractivity contribution in [2.75, 3.05) is 18.1 Å². The number of nitrogens with one attached hydrogen (secondary N) is 3. The summed E-state index contributed by atoms with van der Waals surface area (Å²) in [7, 11) is 0. The van der Waals surface area contributed by atoms with Crippen molar-refractivity contribution in [2.45, 2.75) is 13.0 Å². The number of nitrogens with zero attached hydrogens (tertiary/aromatic N) is 3. The molecule has 2 aromatic rings. The summed E-state index contributed by atoms with van der Waals surface area (Å²) in [6.07, 6.45) is 5.86. The van der Waals surface area contributed by atoms with Crippen molar-refractivity contribution >= 4 is 23.1 Å². The Morgan fingerprint density at radius 1 is 1.26 bits per heavy atom. The first-order valence-corrected chi connectivity index (χ1v) is 10.6. The minimum Gasteiger partial charge on any atom is -0.481 e. The Labute approximate surface area is 194 Å². The smallest absolute Gasteiger partial charge is 0.272 e. The van der Waals surface area contributed by atoms with Crippen molar-refractivity contribution < 1.29 is 18.7 Å². The third-order valence-electron chi connectivity index (χ3n) is 6.04. The molecule has 1 atom stereocenters. The highest BCUT2D eigenvalue weighted by molar-refractivity contribution is 5.99. The summed E-state index contributed by atoms with van der Waals surface area (Å²) >= 11 is 0. The molecule has 0 aliphatic carbocycles. The lowest BCUT2D eigenvalue weighted by molar-refractivity contribution is -0.121. The number of rotatable bonds is 5. The minimum absolute atomic E-state index is 0.146. The zero-order chi connectivity index (χ0) is 23.8. The van der Waals surface area contributed by atoms with Crippen LogP contribution in [0.5, 0.6) is 5.75 Å². The molecular weight excluding hydrogens is 439 g/mol. The molecule has 3 N–H and O–H groups in total. The van der Waals surface area contributed by atoms with E-state index < -0.39 is 11.7 Å². The first-order chi connectivity index (χ1) is 16.5. The topological polar surface area (TPSA) is 110 Å².